The van der Waals surface area contributed by atoms with Crippen molar-refractivity contribution >= 4 is 17.3 Å². The van der Waals surface area contributed by atoms with Gasteiger partial charge in [-0.3, -0.25) is 4.90 Å². The first-order valence-corrected chi connectivity index (χ1v) is 9.18. The summed E-state index contributed by atoms with van der Waals surface area (Å²) in [6.07, 6.45) is 4.41. The standard InChI is InChI=1S/C18H22N2O3S/c21-9-7-15-6-1-2-8-20(15)11-13-4-3-5-14(10-13)17-19-16(12-24-17)18(22)23/h3-5,10,12,15,21H,1-2,6-9,11H2,(H,22,23). The number of piperidine rings is 1. The number of hydrogen-bond donors (Lipinski definition) is 2. The largest absolute Gasteiger partial charge is 0.476 e. The zero-order valence-corrected chi connectivity index (χ0v) is 14.3. The molecule has 0 aliphatic carbocycles. The Kier molecular flexibility index (Phi) is 5.60. The number of nitrogens with zero attached hydrogens (tertiary/aromatic N) is 2. The third-order valence-corrected chi connectivity index (χ3v) is 5.39. The third-order valence-electron chi connectivity index (χ3n) is 4.49. The van der Waals surface area contributed by atoms with E-state index < -0.39 is 5.97 Å². The molecule has 2 heterocycles. The van der Waals surface area contributed by atoms with Crippen LogP contribution in [0.25, 0.3) is 10.6 Å². The van der Waals surface area contributed by atoms with Gasteiger partial charge in [-0.05, 0) is 37.4 Å². The molecule has 1 aromatic carbocycles. The van der Waals surface area contributed by atoms with Crippen molar-refractivity contribution in [3.05, 3.63) is 40.9 Å². The molecule has 5 nitrogen and oxygen atoms in total. The van der Waals surface area contributed by atoms with Gasteiger partial charge in [-0.2, -0.15) is 0 Å². The van der Waals surface area contributed by atoms with Gasteiger partial charge in [0.15, 0.2) is 5.69 Å². The first-order valence-electron chi connectivity index (χ1n) is 8.30. The number of carboxylic acids is 1. The van der Waals surface area contributed by atoms with Gasteiger partial charge < -0.3 is 10.2 Å². The van der Waals surface area contributed by atoms with E-state index in [1.54, 1.807) is 5.38 Å². The van der Waals surface area contributed by atoms with Crippen LogP contribution in [0.15, 0.2) is 29.6 Å². The summed E-state index contributed by atoms with van der Waals surface area (Å²) in [5, 5.41) is 20.6. The number of thiazole rings is 1. The Morgan fingerprint density at radius 2 is 2.25 bits per heavy atom. The molecule has 1 aromatic heterocycles. The monoisotopic (exact) mass is 346 g/mol. The molecule has 1 unspecified atom stereocenters. The number of benzene rings is 1. The van der Waals surface area contributed by atoms with Gasteiger partial charge in [0, 0.05) is 30.1 Å². The predicted octanol–water partition coefficient (Wildman–Crippen LogP) is 3.25. The van der Waals surface area contributed by atoms with Crippen LogP contribution in [0.2, 0.25) is 0 Å². The van der Waals surface area contributed by atoms with Crippen LogP contribution in [0.3, 0.4) is 0 Å². The van der Waals surface area contributed by atoms with E-state index in [-0.39, 0.29) is 12.3 Å². The molecule has 1 fully saturated rings. The molecule has 1 atom stereocenters. The van der Waals surface area contributed by atoms with Crippen molar-refractivity contribution < 1.29 is 15.0 Å². The van der Waals surface area contributed by atoms with E-state index in [2.05, 4.69) is 22.0 Å². The van der Waals surface area contributed by atoms with Gasteiger partial charge in [-0.15, -0.1) is 11.3 Å². The zero-order chi connectivity index (χ0) is 16.9. The minimum absolute atomic E-state index is 0.0967. The minimum Gasteiger partial charge on any atom is -0.476 e. The smallest absolute Gasteiger partial charge is 0.355 e. The van der Waals surface area contributed by atoms with E-state index in [0.29, 0.717) is 6.04 Å². The second-order valence-electron chi connectivity index (χ2n) is 6.18. The minimum atomic E-state index is -0.992. The van der Waals surface area contributed by atoms with Gasteiger partial charge >= 0.3 is 5.97 Å². The zero-order valence-electron chi connectivity index (χ0n) is 13.5. The quantitative estimate of drug-likeness (QED) is 0.840. The Morgan fingerprint density at radius 3 is 3.00 bits per heavy atom. The number of likely N-dealkylation sites (tertiary alicyclic amines) is 1. The lowest BCUT2D eigenvalue weighted by molar-refractivity contribution is 0.0691. The van der Waals surface area contributed by atoms with E-state index in [4.69, 9.17) is 5.11 Å². The molecule has 0 spiro atoms. The van der Waals surface area contributed by atoms with Crippen molar-refractivity contribution in [2.75, 3.05) is 13.2 Å². The number of aromatic carboxylic acids is 1. The van der Waals surface area contributed by atoms with E-state index in [1.807, 2.05) is 12.1 Å². The fourth-order valence-electron chi connectivity index (χ4n) is 3.29. The van der Waals surface area contributed by atoms with Gasteiger partial charge in [0.1, 0.15) is 5.01 Å². The number of carbonyl (C=O) groups is 1. The Balaban J connectivity index is 1.75. The highest BCUT2D eigenvalue weighted by molar-refractivity contribution is 7.13. The number of aliphatic hydroxyl groups is 1. The highest BCUT2D eigenvalue weighted by atomic mass is 32.1. The lowest BCUT2D eigenvalue weighted by Gasteiger charge is -2.35. The average Bonchev–Trinajstić information content (AvgIpc) is 3.08. The van der Waals surface area contributed by atoms with Crippen molar-refractivity contribution in [1.82, 2.24) is 9.88 Å². The molecule has 2 aromatic rings. The topological polar surface area (TPSA) is 73.7 Å². The first-order chi connectivity index (χ1) is 11.7. The first kappa shape index (κ1) is 17.1. The molecule has 1 saturated heterocycles. The van der Waals surface area contributed by atoms with Crippen LogP contribution in [0.4, 0.5) is 0 Å². The van der Waals surface area contributed by atoms with Crippen LogP contribution < -0.4 is 0 Å². The summed E-state index contributed by atoms with van der Waals surface area (Å²) in [4.78, 5) is 17.6. The molecule has 1 aliphatic heterocycles. The maximum atomic E-state index is 11.0. The Bertz CT molecular complexity index is 699. The predicted molar refractivity (Wildman–Crippen MR) is 94.3 cm³/mol. The van der Waals surface area contributed by atoms with Gasteiger partial charge in [0.05, 0.1) is 0 Å². The van der Waals surface area contributed by atoms with Gasteiger partial charge in [-0.1, -0.05) is 24.6 Å². The van der Waals surface area contributed by atoms with Crippen LogP contribution in [0.1, 0.15) is 41.7 Å². The molecule has 0 radical (unpaired) electrons. The van der Waals surface area contributed by atoms with E-state index in [0.717, 1.165) is 36.5 Å². The number of aromatic nitrogens is 1. The summed E-state index contributed by atoms with van der Waals surface area (Å²) in [7, 11) is 0. The Labute approximate surface area is 145 Å². The van der Waals surface area contributed by atoms with Crippen molar-refractivity contribution in [3.8, 4) is 10.6 Å². The molecular weight excluding hydrogens is 324 g/mol. The molecule has 0 bridgehead atoms. The molecular formula is C18H22N2O3S. The normalized spacial score (nSPS) is 18.6. The molecule has 3 rings (SSSR count). The SMILES string of the molecule is O=C(O)c1csc(-c2cccc(CN3CCCCC3CCO)c2)n1. The van der Waals surface area contributed by atoms with Crippen LogP contribution in [0.5, 0.6) is 0 Å². The summed E-state index contributed by atoms with van der Waals surface area (Å²) >= 11 is 1.36. The van der Waals surface area contributed by atoms with Crippen molar-refractivity contribution in [2.24, 2.45) is 0 Å². The van der Waals surface area contributed by atoms with Crippen LogP contribution in [0, 0.1) is 0 Å². The van der Waals surface area contributed by atoms with Crippen LogP contribution in [-0.2, 0) is 6.54 Å². The highest BCUT2D eigenvalue weighted by Crippen LogP contribution is 2.27. The third kappa shape index (κ3) is 4.01. The van der Waals surface area contributed by atoms with E-state index in [1.165, 1.54) is 29.7 Å². The van der Waals surface area contributed by atoms with Gasteiger partial charge in [0.25, 0.3) is 0 Å². The van der Waals surface area contributed by atoms with Crippen molar-refractivity contribution in [1.29, 1.82) is 0 Å². The molecule has 128 valence electrons. The maximum Gasteiger partial charge on any atom is 0.355 e. The molecule has 0 amide bonds. The van der Waals surface area contributed by atoms with Crippen molar-refractivity contribution in [2.45, 2.75) is 38.3 Å². The second kappa shape index (κ2) is 7.88. The van der Waals surface area contributed by atoms with Crippen LogP contribution in [-0.4, -0.2) is 45.3 Å². The van der Waals surface area contributed by atoms with Gasteiger partial charge in [0.2, 0.25) is 0 Å². The molecule has 1 aliphatic rings. The van der Waals surface area contributed by atoms with Gasteiger partial charge in [-0.25, -0.2) is 9.78 Å². The van der Waals surface area contributed by atoms with Crippen LogP contribution >= 0.6 is 11.3 Å². The lowest BCUT2D eigenvalue weighted by Crippen LogP contribution is -2.39. The number of aliphatic hydroxyl groups excluding tert-OH is 1. The molecule has 24 heavy (non-hydrogen) atoms. The summed E-state index contributed by atoms with van der Waals surface area (Å²) in [6.45, 7) is 2.16. The Hall–Kier alpha value is -1.76. The Morgan fingerprint density at radius 1 is 1.38 bits per heavy atom. The summed E-state index contributed by atoms with van der Waals surface area (Å²) < 4.78 is 0. The lowest BCUT2D eigenvalue weighted by atomic mass is 9.98. The fourth-order valence-corrected chi connectivity index (χ4v) is 4.08. The van der Waals surface area contributed by atoms with E-state index >= 15 is 0 Å². The summed E-state index contributed by atoms with van der Waals surface area (Å²) in [6, 6.07) is 8.60. The second-order valence-corrected chi connectivity index (χ2v) is 7.03. The summed E-state index contributed by atoms with van der Waals surface area (Å²) in [5.74, 6) is -0.992. The van der Waals surface area contributed by atoms with Crippen molar-refractivity contribution in [3.63, 3.8) is 0 Å². The molecule has 0 saturated carbocycles. The highest BCUT2D eigenvalue weighted by Gasteiger charge is 2.22. The fraction of sp³-hybridized carbons (Fsp3) is 0.444. The van der Waals surface area contributed by atoms with E-state index in [9.17, 15) is 9.90 Å². The number of rotatable bonds is 6. The number of carboxylic acid groups (broad SMARTS) is 1. The molecule has 6 heteroatoms. The molecule has 2 N–H and O–H groups in total. The average molecular weight is 346 g/mol. The maximum absolute atomic E-state index is 11.0. The summed E-state index contributed by atoms with van der Waals surface area (Å²) in [5.41, 5.74) is 2.25. The number of hydrogen-bond acceptors (Lipinski definition) is 5.